The molecule has 2 aromatic heterocycles. The number of nitrogens with zero attached hydrogens (tertiary/aromatic N) is 6. The van der Waals surface area contributed by atoms with Crippen LogP contribution in [0.4, 0.5) is 0 Å². The normalized spacial score (nSPS) is 17.1. The number of carbonyl (C=O) groups excluding carboxylic acids is 1. The fraction of sp³-hybridized carbons (Fsp3) is 0.389. The van der Waals surface area contributed by atoms with E-state index in [0.29, 0.717) is 30.5 Å². The molecule has 27 heavy (non-hydrogen) atoms. The molecular weight excluding hydrogens is 346 g/mol. The van der Waals surface area contributed by atoms with Crippen LogP contribution in [0.1, 0.15) is 28.8 Å². The number of hydrogen-bond donors (Lipinski definition) is 1. The zero-order valence-corrected chi connectivity index (χ0v) is 15.1. The highest BCUT2D eigenvalue weighted by atomic mass is 16.5. The van der Waals surface area contributed by atoms with E-state index < -0.39 is 0 Å². The number of hydrogen-bond acceptors (Lipinski definition) is 6. The standard InChI is InChI=1S/C18H21N7O2/c1-13-5-2-3-7-16(13)27-11-14-6-4-8-24(10-14)18(26)15-9-19-21-17(15)25-12-20-22-23-25/h2-3,5,7,9,12,14H,4,6,8,10-11H2,1H3,(H,19,21)/t14-/m0/s1. The van der Waals surface area contributed by atoms with E-state index in [4.69, 9.17) is 4.74 Å². The van der Waals surface area contributed by atoms with Crippen molar-refractivity contribution in [3.8, 4) is 11.6 Å². The molecule has 0 radical (unpaired) electrons. The lowest BCUT2D eigenvalue weighted by Gasteiger charge is -2.32. The van der Waals surface area contributed by atoms with Crippen molar-refractivity contribution in [2.24, 2.45) is 5.92 Å². The summed E-state index contributed by atoms with van der Waals surface area (Å²) in [6.45, 7) is 4.01. The molecule has 1 aliphatic rings. The second-order valence-corrected chi connectivity index (χ2v) is 6.72. The Bertz CT molecular complexity index is 906. The number of carbonyl (C=O) groups is 1. The van der Waals surface area contributed by atoms with Crippen LogP contribution in [0.25, 0.3) is 5.82 Å². The van der Waals surface area contributed by atoms with E-state index in [1.807, 2.05) is 36.1 Å². The van der Waals surface area contributed by atoms with Crippen LogP contribution < -0.4 is 4.74 Å². The number of ether oxygens (including phenoxy) is 1. The third-order valence-corrected chi connectivity index (χ3v) is 4.80. The van der Waals surface area contributed by atoms with Crippen LogP contribution in [0.5, 0.6) is 5.75 Å². The van der Waals surface area contributed by atoms with Crippen LogP contribution in [0.2, 0.25) is 0 Å². The number of aromatic nitrogens is 6. The van der Waals surface area contributed by atoms with Crippen molar-refractivity contribution < 1.29 is 9.53 Å². The van der Waals surface area contributed by atoms with E-state index in [2.05, 4.69) is 25.7 Å². The van der Waals surface area contributed by atoms with Gasteiger partial charge in [-0.15, -0.1) is 5.10 Å². The first-order valence-electron chi connectivity index (χ1n) is 8.97. The van der Waals surface area contributed by atoms with Crippen molar-refractivity contribution in [2.75, 3.05) is 19.7 Å². The maximum absolute atomic E-state index is 13.0. The van der Waals surface area contributed by atoms with Crippen LogP contribution >= 0.6 is 0 Å². The highest BCUT2D eigenvalue weighted by molar-refractivity contribution is 5.97. The Balaban J connectivity index is 1.42. The molecule has 0 bridgehead atoms. The molecule has 1 amide bonds. The predicted octanol–water partition coefficient (Wildman–Crippen LogP) is 1.63. The summed E-state index contributed by atoms with van der Waals surface area (Å²) in [4.78, 5) is 14.8. The molecule has 0 saturated carbocycles. The number of rotatable bonds is 5. The summed E-state index contributed by atoms with van der Waals surface area (Å²) in [5.74, 6) is 1.60. The minimum Gasteiger partial charge on any atom is -0.493 e. The summed E-state index contributed by atoms with van der Waals surface area (Å²) < 4.78 is 7.40. The van der Waals surface area contributed by atoms with Crippen molar-refractivity contribution in [3.63, 3.8) is 0 Å². The molecule has 0 aliphatic carbocycles. The molecule has 140 valence electrons. The number of aryl methyl sites for hydroxylation is 1. The Kier molecular flexibility index (Phi) is 4.82. The quantitative estimate of drug-likeness (QED) is 0.735. The third kappa shape index (κ3) is 3.67. The fourth-order valence-corrected chi connectivity index (χ4v) is 3.36. The molecule has 1 aliphatic heterocycles. The van der Waals surface area contributed by atoms with Gasteiger partial charge in [0.05, 0.1) is 12.8 Å². The zero-order valence-electron chi connectivity index (χ0n) is 15.1. The summed E-state index contributed by atoms with van der Waals surface area (Å²) in [5.41, 5.74) is 1.58. The van der Waals surface area contributed by atoms with Crippen LogP contribution in [-0.2, 0) is 0 Å². The van der Waals surface area contributed by atoms with Gasteiger partial charge in [-0.25, -0.2) is 0 Å². The third-order valence-electron chi connectivity index (χ3n) is 4.80. The Morgan fingerprint density at radius 2 is 2.26 bits per heavy atom. The summed E-state index contributed by atoms with van der Waals surface area (Å²) >= 11 is 0. The molecule has 0 spiro atoms. The van der Waals surface area contributed by atoms with Crippen molar-refractivity contribution in [1.82, 2.24) is 35.3 Å². The molecule has 3 heterocycles. The summed E-state index contributed by atoms with van der Waals surface area (Å²) in [7, 11) is 0. The number of piperidine rings is 1. The van der Waals surface area contributed by atoms with Gasteiger partial charge in [-0.05, 0) is 41.8 Å². The predicted molar refractivity (Wildman–Crippen MR) is 96.6 cm³/mol. The number of nitrogens with one attached hydrogen (secondary N) is 1. The maximum Gasteiger partial charge on any atom is 0.259 e. The van der Waals surface area contributed by atoms with Crippen LogP contribution in [0.3, 0.4) is 0 Å². The highest BCUT2D eigenvalue weighted by Crippen LogP contribution is 2.23. The van der Waals surface area contributed by atoms with Gasteiger partial charge in [-0.2, -0.15) is 9.78 Å². The Labute approximate surface area is 156 Å². The SMILES string of the molecule is Cc1ccccc1OC[C@H]1CCCN(C(=O)c2cn[nH]c2-n2cnnn2)C1. The minimum atomic E-state index is -0.0742. The monoisotopic (exact) mass is 367 g/mol. The number of tetrazole rings is 1. The van der Waals surface area contributed by atoms with Gasteiger partial charge in [0.2, 0.25) is 0 Å². The van der Waals surface area contributed by atoms with Gasteiger partial charge in [0.1, 0.15) is 17.6 Å². The summed E-state index contributed by atoms with van der Waals surface area (Å²) in [5, 5.41) is 17.8. The highest BCUT2D eigenvalue weighted by Gasteiger charge is 2.28. The first-order valence-corrected chi connectivity index (χ1v) is 8.97. The van der Waals surface area contributed by atoms with E-state index >= 15 is 0 Å². The average molecular weight is 367 g/mol. The number of amides is 1. The topological polar surface area (TPSA) is 102 Å². The molecule has 1 fully saturated rings. The van der Waals surface area contributed by atoms with Gasteiger partial charge >= 0.3 is 0 Å². The summed E-state index contributed by atoms with van der Waals surface area (Å²) in [6, 6.07) is 7.98. The van der Waals surface area contributed by atoms with Crippen molar-refractivity contribution in [2.45, 2.75) is 19.8 Å². The molecule has 3 aromatic rings. The molecular formula is C18H21N7O2. The van der Waals surface area contributed by atoms with E-state index in [9.17, 15) is 4.79 Å². The second kappa shape index (κ2) is 7.56. The van der Waals surface area contributed by atoms with Crippen molar-refractivity contribution >= 4 is 5.91 Å². The van der Waals surface area contributed by atoms with Gasteiger partial charge in [0.25, 0.3) is 5.91 Å². The molecule has 1 atom stereocenters. The molecule has 9 nitrogen and oxygen atoms in total. The van der Waals surface area contributed by atoms with E-state index in [1.165, 1.54) is 17.2 Å². The van der Waals surface area contributed by atoms with Crippen molar-refractivity contribution in [1.29, 1.82) is 0 Å². The van der Waals surface area contributed by atoms with Crippen LogP contribution in [-0.4, -0.2) is 60.9 Å². The minimum absolute atomic E-state index is 0.0742. The van der Waals surface area contributed by atoms with E-state index in [-0.39, 0.29) is 5.91 Å². The largest absolute Gasteiger partial charge is 0.493 e. The Hall–Kier alpha value is -3.23. The smallest absolute Gasteiger partial charge is 0.259 e. The number of para-hydroxylation sites is 1. The average Bonchev–Trinajstić information content (AvgIpc) is 3.38. The van der Waals surface area contributed by atoms with Crippen molar-refractivity contribution in [3.05, 3.63) is 47.9 Å². The van der Waals surface area contributed by atoms with Gasteiger partial charge in [-0.1, -0.05) is 18.2 Å². The number of benzene rings is 1. The van der Waals surface area contributed by atoms with E-state index in [1.54, 1.807) is 0 Å². The van der Waals surface area contributed by atoms with Crippen LogP contribution in [0.15, 0.2) is 36.8 Å². The fourth-order valence-electron chi connectivity index (χ4n) is 3.36. The molecule has 1 saturated heterocycles. The van der Waals surface area contributed by atoms with Gasteiger partial charge < -0.3 is 9.64 Å². The number of likely N-dealkylation sites (tertiary alicyclic amines) is 1. The van der Waals surface area contributed by atoms with Gasteiger partial charge in [-0.3, -0.25) is 9.89 Å². The molecule has 1 N–H and O–H groups in total. The lowest BCUT2D eigenvalue weighted by Crippen LogP contribution is -2.41. The lowest BCUT2D eigenvalue weighted by atomic mass is 9.98. The number of H-pyrrole nitrogens is 1. The molecule has 1 aromatic carbocycles. The maximum atomic E-state index is 13.0. The Morgan fingerprint density at radius 3 is 3.07 bits per heavy atom. The van der Waals surface area contributed by atoms with Gasteiger partial charge in [0.15, 0.2) is 5.82 Å². The zero-order chi connectivity index (χ0) is 18.6. The van der Waals surface area contributed by atoms with Gasteiger partial charge in [0, 0.05) is 19.0 Å². The number of aromatic amines is 1. The first-order chi connectivity index (χ1) is 13.2. The molecule has 9 heteroatoms. The second-order valence-electron chi connectivity index (χ2n) is 6.72. The van der Waals surface area contributed by atoms with Crippen LogP contribution in [0, 0.1) is 12.8 Å². The first kappa shape index (κ1) is 17.2. The van der Waals surface area contributed by atoms with E-state index in [0.717, 1.165) is 30.7 Å². The Morgan fingerprint density at radius 1 is 1.37 bits per heavy atom. The lowest BCUT2D eigenvalue weighted by molar-refractivity contribution is 0.0633. The molecule has 0 unspecified atom stereocenters. The summed E-state index contributed by atoms with van der Waals surface area (Å²) in [6.07, 6.45) is 4.94. The molecule has 4 rings (SSSR count).